The summed E-state index contributed by atoms with van der Waals surface area (Å²) in [7, 11) is 1.78. The van der Waals surface area contributed by atoms with Gasteiger partial charge in [-0.15, -0.1) is 0 Å². The highest BCUT2D eigenvalue weighted by Crippen LogP contribution is 2.17. The van der Waals surface area contributed by atoms with Crippen molar-refractivity contribution in [2.24, 2.45) is 0 Å². The van der Waals surface area contributed by atoms with Crippen LogP contribution >= 0.6 is 15.9 Å². The zero-order valence-corrected chi connectivity index (χ0v) is 11.0. The summed E-state index contributed by atoms with van der Waals surface area (Å²) < 4.78 is 0.907. The number of rotatable bonds is 2. The largest absolute Gasteiger partial charge is 0.311 e. The van der Waals surface area contributed by atoms with Crippen LogP contribution in [0.2, 0.25) is 0 Å². The van der Waals surface area contributed by atoms with Crippen molar-refractivity contribution in [2.75, 3.05) is 11.9 Å². The number of benzene rings is 2. The lowest BCUT2D eigenvalue weighted by atomic mass is 10.2. The molecule has 0 saturated carbocycles. The lowest BCUT2D eigenvalue weighted by Crippen LogP contribution is -2.26. The van der Waals surface area contributed by atoms with Crippen molar-refractivity contribution in [3.63, 3.8) is 0 Å². The number of anilines is 1. The van der Waals surface area contributed by atoms with Gasteiger partial charge in [-0.2, -0.15) is 0 Å². The van der Waals surface area contributed by atoms with Crippen LogP contribution in [0.4, 0.5) is 5.69 Å². The SMILES string of the molecule is CN(C(=O)c1cccc(Br)c1)c1ccccc1. The van der Waals surface area contributed by atoms with Crippen LogP contribution < -0.4 is 4.90 Å². The van der Waals surface area contributed by atoms with E-state index in [2.05, 4.69) is 15.9 Å². The summed E-state index contributed by atoms with van der Waals surface area (Å²) in [5.74, 6) is -0.0162. The standard InChI is InChI=1S/C14H12BrNO/c1-16(13-8-3-2-4-9-13)14(17)11-6-5-7-12(15)10-11/h2-10H,1H3. The molecule has 2 rings (SSSR count). The van der Waals surface area contributed by atoms with E-state index in [-0.39, 0.29) is 5.91 Å². The first-order valence-corrected chi connectivity index (χ1v) is 6.06. The highest BCUT2D eigenvalue weighted by Gasteiger charge is 2.12. The van der Waals surface area contributed by atoms with Crippen molar-refractivity contribution in [2.45, 2.75) is 0 Å². The number of hydrogen-bond donors (Lipinski definition) is 0. The number of hydrogen-bond acceptors (Lipinski definition) is 1. The maximum atomic E-state index is 12.2. The third-order valence-corrected chi connectivity index (χ3v) is 3.01. The molecule has 2 nitrogen and oxygen atoms in total. The van der Waals surface area contributed by atoms with Crippen molar-refractivity contribution in [3.05, 3.63) is 64.6 Å². The Bertz CT molecular complexity index is 525. The molecule has 0 aliphatic heterocycles. The van der Waals surface area contributed by atoms with E-state index >= 15 is 0 Å². The molecular weight excluding hydrogens is 278 g/mol. The molecule has 0 aromatic heterocycles. The van der Waals surface area contributed by atoms with Crippen LogP contribution in [-0.2, 0) is 0 Å². The highest BCUT2D eigenvalue weighted by molar-refractivity contribution is 9.10. The smallest absolute Gasteiger partial charge is 0.258 e. The summed E-state index contributed by atoms with van der Waals surface area (Å²) in [6.45, 7) is 0. The van der Waals surface area contributed by atoms with Crippen molar-refractivity contribution < 1.29 is 4.79 Å². The van der Waals surface area contributed by atoms with E-state index in [0.717, 1.165) is 10.2 Å². The second kappa shape index (κ2) is 5.15. The van der Waals surface area contributed by atoms with Gasteiger partial charge in [-0.3, -0.25) is 4.79 Å². The Hall–Kier alpha value is -1.61. The Balaban J connectivity index is 2.27. The molecular formula is C14H12BrNO. The summed E-state index contributed by atoms with van der Waals surface area (Å²) in [6, 6.07) is 17.0. The average Bonchev–Trinajstić information content (AvgIpc) is 2.38. The number of nitrogens with zero attached hydrogens (tertiary/aromatic N) is 1. The van der Waals surface area contributed by atoms with E-state index in [1.54, 1.807) is 11.9 Å². The average molecular weight is 290 g/mol. The van der Waals surface area contributed by atoms with Crippen LogP contribution in [0.3, 0.4) is 0 Å². The number of amides is 1. The molecule has 0 atom stereocenters. The van der Waals surface area contributed by atoms with E-state index in [4.69, 9.17) is 0 Å². The fourth-order valence-electron chi connectivity index (χ4n) is 1.58. The predicted molar refractivity (Wildman–Crippen MR) is 73.3 cm³/mol. The lowest BCUT2D eigenvalue weighted by Gasteiger charge is -2.17. The minimum absolute atomic E-state index is 0.0162. The van der Waals surface area contributed by atoms with E-state index < -0.39 is 0 Å². The molecule has 0 aliphatic carbocycles. The third-order valence-electron chi connectivity index (χ3n) is 2.52. The molecule has 86 valence electrons. The van der Waals surface area contributed by atoms with Crippen molar-refractivity contribution >= 4 is 27.5 Å². The summed E-state index contributed by atoms with van der Waals surface area (Å²) >= 11 is 3.37. The minimum Gasteiger partial charge on any atom is -0.311 e. The van der Waals surface area contributed by atoms with Gasteiger partial charge in [0.15, 0.2) is 0 Å². The Labute approximate surface area is 109 Å². The molecule has 2 aromatic carbocycles. The third kappa shape index (κ3) is 2.74. The van der Waals surface area contributed by atoms with Gasteiger partial charge in [0.05, 0.1) is 0 Å². The van der Waals surface area contributed by atoms with Gasteiger partial charge in [0.2, 0.25) is 0 Å². The highest BCUT2D eigenvalue weighted by atomic mass is 79.9. The van der Waals surface area contributed by atoms with Gasteiger partial charge in [0.25, 0.3) is 5.91 Å². The van der Waals surface area contributed by atoms with Crippen LogP contribution in [0.15, 0.2) is 59.1 Å². The van der Waals surface area contributed by atoms with Gasteiger partial charge < -0.3 is 4.90 Å². The maximum Gasteiger partial charge on any atom is 0.258 e. The summed E-state index contributed by atoms with van der Waals surface area (Å²) in [6.07, 6.45) is 0. The van der Waals surface area contributed by atoms with Crippen molar-refractivity contribution in [1.82, 2.24) is 0 Å². The Morgan fingerprint density at radius 3 is 2.41 bits per heavy atom. The molecule has 0 N–H and O–H groups in total. The molecule has 0 unspecified atom stereocenters. The first-order valence-electron chi connectivity index (χ1n) is 5.27. The van der Waals surface area contributed by atoms with Crippen LogP contribution in [0.5, 0.6) is 0 Å². The molecule has 3 heteroatoms. The molecule has 2 aromatic rings. The van der Waals surface area contributed by atoms with Crippen molar-refractivity contribution in [3.8, 4) is 0 Å². The van der Waals surface area contributed by atoms with E-state index in [1.165, 1.54) is 0 Å². The molecule has 17 heavy (non-hydrogen) atoms. The molecule has 0 heterocycles. The van der Waals surface area contributed by atoms with Gasteiger partial charge in [-0.1, -0.05) is 40.2 Å². The second-order valence-electron chi connectivity index (χ2n) is 3.71. The Morgan fingerprint density at radius 1 is 1.06 bits per heavy atom. The second-order valence-corrected chi connectivity index (χ2v) is 4.63. The molecule has 0 radical (unpaired) electrons. The quantitative estimate of drug-likeness (QED) is 0.825. The van der Waals surface area contributed by atoms with E-state index in [1.807, 2.05) is 54.6 Å². The van der Waals surface area contributed by atoms with E-state index in [9.17, 15) is 4.79 Å². The molecule has 0 aliphatic rings. The minimum atomic E-state index is -0.0162. The summed E-state index contributed by atoms with van der Waals surface area (Å²) in [5.41, 5.74) is 1.56. The Kier molecular flexibility index (Phi) is 3.59. The lowest BCUT2D eigenvalue weighted by molar-refractivity contribution is 0.0993. The van der Waals surface area contributed by atoms with Gasteiger partial charge in [0.1, 0.15) is 0 Å². The number of carbonyl (C=O) groups is 1. The molecule has 0 bridgehead atoms. The van der Waals surface area contributed by atoms with Gasteiger partial charge in [-0.05, 0) is 30.3 Å². The topological polar surface area (TPSA) is 20.3 Å². The predicted octanol–water partition coefficient (Wildman–Crippen LogP) is 3.73. The molecule has 1 amide bonds. The molecule has 0 spiro atoms. The maximum absolute atomic E-state index is 12.2. The van der Waals surface area contributed by atoms with Crippen molar-refractivity contribution in [1.29, 1.82) is 0 Å². The normalized spacial score (nSPS) is 10.0. The number of para-hydroxylation sites is 1. The van der Waals surface area contributed by atoms with Gasteiger partial charge >= 0.3 is 0 Å². The van der Waals surface area contributed by atoms with E-state index in [0.29, 0.717) is 5.56 Å². The fraction of sp³-hybridized carbons (Fsp3) is 0.0714. The molecule has 0 fully saturated rings. The number of carbonyl (C=O) groups excluding carboxylic acids is 1. The zero-order valence-electron chi connectivity index (χ0n) is 9.43. The van der Waals surface area contributed by atoms with Crippen LogP contribution in [-0.4, -0.2) is 13.0 Å². The summed E-state index contributed by atoms with van der Waals surface area (Å²) in [5, 5.41) is 0. The molecule has 0 saturated heterocycles. The first kappa shape index (κ1) is 11.9. The van der Waals surface area contributed by atoms with Gasteiger partial charge in [-0.25, -0.2) is 0 Å². The summed E-state index contributed by atoms with van der Waals surface area (Å²) in [4.78, 5) is 13.8. The first-order chi connectivity index (χ1) is 8.18. The van der Waals surface area contributed by atoms with Gasteiger partial charge in [0, 0.05) is 22.8 Å². The monoisotopic (exact) mass is 289 g/mol. The Morgan fingerprint density at radius 2 is 1.76 bits per heavy atom. The number of halogens is 1. The van der Waals surface area contributed by atoms with Crippen LogP contribution in [0, 0.1) is 0 Å². The zero-order chi connectivity index (χ0) is 12.3. The fourth-order valence-corrected chi connectivity index (χ4v) is 1.98. The van der Waals surface area contributed by atoms with Crippen LogP contribution in [0.1, 0.15) is 10.4 Å². The van der Waals surface area contributed by atoms with Crippen LogP contribution in [0.25, 0.3) is 0 Å².